The number of hydrogen-bond acceptors (Lipinski definition) is 9. The van der Waals surface area contributed by atoms with Gasteiger partial charge in [0.2, 0.25) is 21.8 Å². The van der Waals surface area contributed by atoms with Crippen molar-refractivity contribution in [3.8, 4) is 0 Å². The lowest BCUT2D eigenvalue weighted by Gasteiger charge is -2.32. The smallest absolute Gasteiger partial charge is 0.412 e. The summed E-state index contributed by atoms with van der Waals surface area (Å²) in [4.78, 5) is 53.9. The molecule has 4 N–H and O–H groups in total. The quantitative estimate of drug-likeness (QED) is 0.258. The van der Waals surface area contributed by atoms with E-state index in [0.29, 0.717) is 25.7 Å². The fraction of sp³-hybridized carbons (Fsp3) is 0.680. The molecular formula is C25H36N4O9S. The van der Waals surface area contributed by atoms with E-state index in [2.05, 4.69) is 21.9 Å². The van der Waals surface area contributed by atoms with E-state index in [1.807, 2.05) is 6.08 Å². The summed E-state index contributed by atoms with van der Waals surface area (Å²) < 4.78 is 37.8. The molecule has 0 aromatic carbocycles. The Morgan fingerprint density at radius 1 is 1.31 bits per heavy atom. The Labute approximate surface area is 227 Å². The van der Waals surface area contributed by atoms with Crippen molar-refractivity contribution >= 4 is 33.8 Å². The largest absolute Gasteiger partial charge is 0.416 e. The highest BCUT2D eigenvalue weighted by Crippen LogP contribution is 2.46. The predicted molar refractivity (Wildman–Crippen MR) is 137 cm³/mol. The zero-order valence-electron chi connectivity index (χ0n) is 22.1. The monoisotopic (exact) mass is 568 g/mol. The second-order valence-electron chi connectivity index (χ2n) is 10.7. The van der Waals surface area contributed by atoms with Crippen molar-refractivity contribution in [2.75, 3.05) is 13.2 Å². The number of aliphatic hydroxyl groups is 1. The molecule has 2 heterocycles. The van der Waals surface area contributed by atoms with Gasteiger partial charge in [-0.2, -0.15) is 0 Å². The minimum Gasteiger partial charge on any atom is -0.416 e. The molecule has 0 unspecified atom stereocenters. The van der Waals surface area contributed by atoms with Gasteiger partial charge in [0.05, 0.1) is 23.2 Å². The highest BCUT2D eigenvalue weighted by Gasteiger charge is 2.62. The number of hydrogen-bond donors (Lipinski definition) is 4. The highest BCUT2D eigenvalue weighted by atomic mass is 32.2. The van der Waals surface area contributed by atoms with Gasteiger partial charge in [-0.25, -0.2) is 13.2 Å². The van der Waals surface area contributed by atoms with Crippen LogP contribution < -0.4 is 15.4 Å². The van der Waals surface area contributed by atoms with Gasteiger partial charge in [0.1, 0.15) is 17.6 Å². The molecule has 0 bridgehead atoms. The SMILES string of the molecule is C=C(C)OC(=O)N[C@@H]1C(=O)N2C[C@H](O)C[C@H]2C(=O)N[C@]2(C(=O)NS(=O)(=O)C3CC3)C[C@H]2/C=C\CCCO[C@@H]1C. The van der Waals surface area contributed by atoms with E-state index in [4.69, 9.17) is 9.47 Å². The van der Waals surface area contributed by atoms with Crippen LogP contribution in [0.1, 0.15) is 52.4 Å². The van der Waals surface area contributed by atoms with Crippen LogP contribution in [-0.4, -0.2) is 90.5 Å². The number of carbonyl (C=O) groups is 4. The van der Waals surface area contributed by atoms with Crippen LogP contribution in [0.2, 0.25) is 0 Å². The first-order valence-electron chi connectivity index (χ1n) is 13.1. The van der Waals surface area contributed by atoms with Gasteiger partial charge in [-0.15, -0.1) is 0 Å². The molecule has 4 rings (SSSR count). The van der Waals surface area contributed by atoms with Crippen LogP contribution in [-0.2, 0) is 33.9 Å². The molecule has 13 nitrogen and oxygen atoms in total. The predicted octanol–water partition coefficient (Wildman–Crippen LogP) is -0.185. The minimum atomic E-state index is -3.85. The van der Waals surface area contributed by atoms with E-state index in [0.717, 1.165) is 4.90 Å². The zero-order valence-corrected chi connectivity index (χ0v) is 22.9. The average molecular weight is 569 g/mol. The fourth-order valence-corrected chi connectivity index (χ4v) is 6.34. The van der Waals surface area contributed by atoms with Crippen LogP contribution in [0.4, 0.5) is 4.79 Å². The molecule has 0 aromatic rings. The van der Waals surface area contributed by atoms with E-state index in [1.54, 1.807) is 13.0 Å². The Bertz CT molecular complexity index is 1170. The average Bonchev–Trinajstić information content (AvgIpc) is 3.76. The van der Waals surface area contributed by atoms with Gasteiger partial charge >= 0.3 is 6.09 Å². The molecule has 14 heteroatoms. The third-order valence-corrected chi connectivity index (χ3v) is 9.19. The molecule has 4 aliphatic rings. The first-order chi connectivity index (χ1) is 18.3. The number of aliphatic hydroxyl groups excluding tert-OH is 1. The summed E-state index contributed by atoms with van der Waals surface area (Å²) in [6.07, 6.45) is 3.02. The number of alkyl carbamates (subject to hydrolysis) is 1. The van der Waals surface area contributed by atoms with Crippen LogP contribution in [0, 0.1) is 5.92 Å². The molecule has 0 aromatic heterocycles. The van der Waals surface area contributed by atoms with Gasteiger partial charge in [0.25, 0.3) is 5.91 Å². The van der Waals surface area contributed by atoms with Gasteiger partial charge < -0.3 is 30.1 Å². The number of fused-ring (bicyclic) bond motifs is 2. The van der Waals surface area contributed by atoms with Crippen LogP contribution >= 0.6 is 0 Å². The van der Waals surface area contributed by atoms with Crippen molar-refractivity contribution in [3.05, 3.63) is 24.5 Å². The number of amides is 4. The highest BCUT2D eigenvalue weighted by molar-refractivity contribution is 7.91. The Morgan fingerprint density at radius 2 is 2.03 bits per heavy atom. The molecule has 39 heavy (non-hydrogen) atoms. The van der Waals surface area contributed by atoms with Gasteiger partial charge in [-0.3, -0.25) is 19.1 Å². The summed E-state index contributed by atoms with van der Waals surface area (Å²) in [6, 6.07) is -2.41. The van der Waals surface area contributed by atoms with Crippen LogP contribution in [0.25, 0.3) is 0 Å². The summed E-state index contributed by atoms with van der Waals surface area (Å²) in [5.41, 5.74) is -1.50. The first kappa shape index (κ1) is 29.0. The lowest BCUT2D eigenvalue weighted by Crippen LogP contribution is -2.60. The molecule has 2 saturated carbocycles. The van der Waals surface area contributed by atoms with E-state index < -0.39 is 74.8 Å². The number of allylic oxidation sites excluding steroid dienone is 2. The van der Waals surface area contributed by atoms with Gasteiger partial charge in [-0.1, -0.05) is 18.7 Å². The van der Waals surface area contributed by atoms with Crippen molar-refractivity contribution in [1.82, 2.24) is 20.3 Å². The number of carbonyl (C=O) groups excluding carboxylic acids is 4. The van der Waals surface area contributed by atoms with Crippen molar-refractivity contribution in [3.63, 3.8) is 0 Å². The van der Waals surface area contributed by atoms with Crippen molar-refractivity contribution in [2.24, 2.45) is 5.92 Å². The maximum absolute atomic E-state index is 13.7. The molecular weight excluding hydrogens is 532 g/mol. The van der Waals surface area contributed by atoms with Gasteiger partial charge in [0, 0.05) is 25.5 Å². The molecule has 0 radical (unpaired) electrons. The van der Waals surface area contributed by atoms with Crippen LogP contribution in [0.15, 0.2) is 24.5 Å². The zero-order chi connectivity index (χ0) is 28.5. The summed E-state index contributed by atoms with van der Waals surface area (Å²) in [5.74, 6) is -2.54. The molecule has 1 saturated heterocycles. The molecule has 2 aliphatic carbocycles. The van der Waals surface area contributed by atoms with Crippen molar-refractivity contribution < 1.29 is 42.2 Å². The molecule has 0 spiro atoms. The van der Waals surface area contributed by atoms with Crippen LogP contribution in [0.3, 0.4) is 0 Å². The Morgan fingerprint density at radius 3 is 2.69 bits per heavy atom. The fourth-order valence-electron chi connectivity index (χ4n) is 4.97. The maximum atomic E-state index is 13.7. The van der Waals surface area contributed by atoms with Crippen LogP contribution in [0.5, 0.6) is 0 Å². The number of sulfonamides is 1. The van der Waals surface area contributed by atoms with Gasteiger partial charge in [-0.05, 0) is 46.0 Å². The third-order valence-electron chi connectivity index (χ3n) is 7.37. The lowest BCUT2D eigenvalue weighted by atomic mass is 10.1. The Kier molecular flexibility index (Phi) is 8.38. The molecule has 4 amide bonds. The maximum Gasteiger partial charge on any atom is 0.412 e. The number of rotatable bonds is 5. The molecule has 3 fully saturated rings. The number of nitrogens with zero attached hydrogens (tertiary/aromatic N) is 1. The lowest BCUT2D eigenvalue weighted by molar-refractivity contribution is -0.143. The molecule has 216 valence electrons. The Hall–Kier alpha value is -2.97. The van der Waals surface area contributed by atoms with Crippen molar-refractivity contribution in [1.29, 1.82) is 0 Å². The number of nitrogens with one attached hydrogen (secondary N) is 3. The normalized spacial score (nSPS) is 34.3. The van der Waals surface area contributed by atoms with E-state index >= 15 is 0 Å². The summed E-state index contributed by atoms with van der Waals surface area (Å²) >= 11 is 0. The second-order valence-corrected chi connectivity index (χ2v) is 12.7. The molecule has 6 atom stereocenters. The van der Waals surface area contributed by atoms with E-state index in [9.17, 15) is 32.7 Å². The van der Waals surface area contributed by atoms with Crippen molar-refractivity contribution in [2.45, 2.75) is 87.5 Å². The Balaban J connectivity index is 1.60. The standard InChI is InChI=1S/C25H36N4O9S/c1-14(2)38-24(34)26-20-15(3)37-10-6-4-5-7-16-12-25(16,23(33)28-39(35,36)18-8-9-18)27-21(31)19-11-17(30)13-29(19)22(20)32/h5,7,15-20,30H,1,4,6,8-13H2,2-3H3,(H,26,34)(H,27,31)(H,28,33)/b7-5-/t15-,16-,17-,19+,20+,25-/m1/s1. The van der Waals surface area contributed by atoms with Gasteiger partial charge in [0.15, 0.2) is 0 Å². The van der Waals surface area contributed by atoms with E-state index in [1.165, 1.54) is 6.92 Å². The molecule has 2 aliphatic heterocycles. The summed E-state index contributed by atoms with van der Waals surface area (Å²) in [7, 11) is -3.85. The summed E-state index contributed by atoms with van der Waals surface area (Å²) in [6.45, 7) is 6.65. The number of ether oxygens (including phenoxy) is 2. The summed E-state index contributed by atoms with van der Waals surface area (Å²) in [5, 5.41) is 14.9. The third kappa shape index (κ3) is 6.61. The minimum absolute atomic E-state index is 0.103. The topological polar surface area (TPSA) is 180 Å². The second kappa shape index (κ2) is 11.3. The van der Waals surface area contributed by atoms with E-state index in [-0.39, 0.29) is 31.8 Å². The first-order valence-corrected chi connectivity index (χ1v) is 14.7.